The number of fused-ring (bicyclic) bond motifs is 1. The Balaban J connectivity index is 1.74. The SMILES string of the molecule is O/N=C1/CCc2cc(OCc3cc(F)cc(F)c3)ccc21. The van der Waals surface area contributed by atoms with Gasteiger partial charge in [0.25, 0.3) is 0 Å². The second-order valence-corrected chi connectivity index (χ2v) is 4.93. The molecular weight excluding hydrogens is 276 g/mol. The monoisotopic (exact) mass is 289 g/mol. The van der Waals surface area contributed by atoms with Gasteiger partial charge >= 0.3 is 0 Å². The van der Waals surface area contributed by atoms with Gasteiger partial charge in [-0.05, 0) is 54.3 Å². The maximum atomic E-state index is 13.1. The van der Waals surface area contributed by atoms with Gasteiger partial charge in [-0.25, -0.2) is 8.78 Å². The Morgan fingerprint density at radius 1 is 1.05 bits per heavy atom. The lowest BCUT2D eigenvalue weighted by atomic mass is 10.1. The predicted molar refractivity (Wildman–Crippen MR) is 73.8 cm³/mol. The molecule has 2 aromatic carbocycles. The van der Waals surface area contributed by atoms with Crippen LogP contribution in [0.25, 0.3) is 0 Å². The largest absolute Gasteiger partial charge is 0.489 e. The quantitative estimate of drug-likeness (QED) is 0.692. The van der Waals surface area contributed by atoms with Crippen molar-refractivity contribution in [3.05, 3.63) is 64.7 Å². The molecule has 0 aromatic heterocycles. The molecule has 1 N–H and O–H groups in total. The summed E-state index contributed by atoms with van der Waals surface area (Å²) in [6, 6.07) is 8.77. The summed E-state index contributed by atoms with van der Waals surface area (Å²) in [5, 5.41) is 12.1. The van der Waals surface area contributed by atoms with Crippen molar-refractivity contribution < 1.29 is 18.7 Å². The lowest BCUT2D eigenvalue weighted by Crippen LogP contribution is -1.98. The van der Waals surface area contributed by atoms with Crippen LogP contribution in [-0.2, 0) is 13.0 Å². The second kappa shape index (κ2) is 5.52. The van der Waals surface area contributed by atoms with Crippen LogP contribution in [0.1, 0.15) is 23.1 Å². The minimum Gasteiger partial charge on any atom is -0.489 e. The highest BCUT2D eigenvalue weighted by molar-refractivity contribution is 6.04. The third-order valence-electron chi connectivity index (χ3n) is 3.47. The number of rotatable bonds is 3. The van der Waals surface area contributed by atoms with Crippen molar-refractivity contribution in [1.29, 1.82) is 0 Å². The zero-order chi connectivity index (χ0) is 14.8. The molecule has 0 saturated carbocycles. The number of hydrogen-bond donors (Lipinski definition) is 1. The molecule has 21 heavy (non-hydrogen) atoms. The molecule has 108 valence electrons. The molecule has 0 saturated heterocycles. The lowest BCUT2D eigenvalue weighted by Gasteiger charge is -2.08. The van der Waals surface area contributed by atoms with Crippen LogP contribution in [-0.4, -0.2) is 10.9 Å². The number of ether oxygens (including phenoxy) is 1. The van der Waals surface area contributed by atoms with Gasteiger partial charge in [0.1, 0.15) is 24.0 Å². The van der Waals surface area contributed by atoms with E-state index in [9.17, 15) is 8.78 Å². The third-order valence-corrected chi connectivity index (χ3v) is 3.47. The van der Waals surface area contributed by atoms with E-state index >= 15 is 0 Å². The lowest BCUT2D eigenvalue weighted by molar-refractivity contribution is 0.304. The number of oxime groups is 1. The van der Waals surface area contributed by atoms with Crippen molar-refractivity contribution in [2.75, 3.05) is 0 Å². The number of nitrogens with zero attached hydrogens (tertiary/aromatic N) is 1. The van der Waals surface area contributed by atoms with Crippen molar-refractivity contribution in [3.8, 4) is 5.75 Å². The standard InChI is InChI=1S/C16H13F2NO2/c17-12-5-10(6-13(18)8-12)9-21-14-2-3-15-11(7-14)1-4-16(15)19-20/h2-3,5-8,20H,1,4,9H2/b19-16-. The molecule has 1 aliphatic carbocycles. The van der Waals surface area contributed by atoms with Crippen LogP contribution in [0.2, 0.25) is 0 Å². The molecule has 3 rings (SSSR count). The molecule has 0 heterocycles. The Morgan fingerprint density at radius 3 is 2.52 bits per heavy atom. The zero-order valence-corrected chi connectivity index (χ0v) is 11.1. The Labute approximate surface area is 120 Å². The van der Waals surface area contributed by atoms with Gasteiger partial charge in [-0.15, -0.1) is 0 Å². The predicted octanol–water partition coefficient (Wildman–Crippen LogP) is 3.67. The summed E-state index contributed by atoms with van der Waals surface area (Å²) in [5.74, 6) is -0.615. The van der Waals surface area contributed by atoms with Crippen molar-refractivity contribution in [1.82, 2.24) is 0 Å². The summed E-state index contributed by atoms with van der Waals surface area (Å²) in [6.07, 6.45) is 1.49. The highest BCUT2D eigenvalue weighted by Crippen LogP contribution is 2.27. The maximum absolute atomic E-state index is 13.1. The molecule has 0 fully saturated rings. The average Bonchev–Trinajstić information content (AvgIpc) is 2.86. The highest BCUT2D eigenvalue weighted by Gasteiger charge is 2.18. The van der Waals surface area contributed by atoms with Gasteiger partial charge in [0.15, 0.2) is 0 Å². The molecule has 0 atom stereocenters. The fraction of sp³-hybridized carbons (Fsp3) is 0.188. The first-order valence-electron chi connectivity index (χ1n) is 6.58. The Hall–Kier alpha value is -2.43. The molecule has 3 nitrogen and oxygen atoms in total. The van der Waals surface area contributed by atoms with Crippen LogP contribution in [0.5, 0.6) is 5.75 Å². The first-order chi connectivity index (χ1) is 10.2. The fourth-order valence-electron chi connectivity index (χ4n) is 2.50. The summed E-state index contributed by atoms with van der Waals surface area (Å²) in [5.41, 5.74) is 3.07. The van der Waals surface area contributed by atoms with Crippen molar-refractivity contribution in [2.24, 2.45) is 5.16 Å². The van der Waals surface area contributed by atoms with E-state index < -0.39 is 11.6 Å². The second-order valence-electron chi connectivity index (χ2n) is 4.93. The van der Waals surface area contributed by atoms with Crippen LogP contribution in [0, 0.1) is 11.6 Å². The number of aryl methyl sites for hydroxylation is 1. The average molecular weight is 289 g/mol. The molecular formula is C16H13F2NO2. The molecule has 2 aromatic rings. The van der Waals surface area contributed by atoms with E-state index in [1.165, 1.54) is 12.1 Å². The van der Waals surface area contributed by atoms with E-state index in [4.69, 9.17) is 9.94 Å². The van der Waals surface area contributed by atoms with Crippen LogP contribution in [0.3, 0.4) is 0 Å². The smallest absolute Gasteiger partial charge is 0.126 e. The first-order valence-corrected chi connectivity index (χ1v) is 6.58. The van der Waals surface area contributed by atoms with E-state index in [-0.39, 0.29) is 6.61 Å². The van der Waals surface area contributed by atoms with E-state index in [1.54, 1.807) is 6.07 Å². The summed E-state index contributed by atoms with van der Waals surface area (Å²) in [6.45, 7) is 0.0917. The topological polar surface area (TPSA) is 41.8 Å². The first kappa shape index (κ1) is 13.5. The molecule has 0 aliphatic heterocycles. The van der Waals surface area contributed by atoms with Crippen LogP contribution in [0.4, 0.5) is 8.78 Å². The minimum atomic E-state index is -0.619. The summed E-state index contributed by atoms with van der Waals surface area (Å²) < 4.78 is 31.7. The summed E-state index contributed by atoms with van der Waals surface area (Å²) in [4.78, 5) is 0. The molecule has 1 aliphatic rings. The maximum Gasteiger partial charge on any atom is 0.126 e. The number of halogens is 2. The normalized spacial score (nSPS) is 15.2. The zero-order valence-electron chi connectivity index (χ0n) is 11.1. The Morgan fingerprint density at radius 2 is 1.81 bits per heavy atom. The Kier molecular flexibility index (Phi) is 3.56. The van der Waals surface area contributed by atoms with Crippen molar-refractivity contribution >= 4 is 5.71 Å². The van der Waals surface area contributed by atoms with Gasteiger partial charge < -0.3 is 9.94 Å². The molecule has 5 heteroatoms. The molecule has 0 radical (unpaired) electrons. The summed E-state index contributed by atoms with van der Waals surface area (Å²) in [7, 11) is 0. The summed E-state index contributed by atoms with van der Waals surface area (Å²) >= 11 is 0. The van der Waals surface area contributed by atoms with Gasteiger partial charge in [0.2, 0.25) is 0 Å². The van der Waals surface area contributed by atoms with Gasteiger partial charge in [0.05, 0.1) is 5.71 Å². The van der Waals surface area contributed by atoms with Gasteiger partial charge in [-0.2, -0.15) is 0 Å². The van der Waals surface area contributed by atoms with Crippen LogP contribution in [0.15, 0.2) is 41.6 Å². The van der Waals surface area contributed by atoms with Crippen LogP contribution >= 0.6 is 0 Å². The highest BCUT2D eigenvalue weighted by atomic mass is 19.1. The van der Waals surface area contributed by atoms with Gasteiger partial charge in [-0.1, -0.05) is 5.16 Å². The molecule has 0 bridgehead atoms. The molecule has 0 unspecified atom stereocenters. The van der Waals surface area contributed by atoms with Gasteiger partial charge in [0, 0.05) is 11.6 Å². The van der Waals surface area contributed by atoms with Crippen LogP contribution < -0.4 is 4.74 Å². The number of hydrogen-bond acceptors (Lipinski definition) is 3. The molecule has 0 spiro atoms. The third kappa shape index (κ3) is 2.86. The molecule has 0 amide bonds. The van der Waals surface area contributed by atoms with Crippen molar-refractivity contribution in [3.63, 3.8) is 0 Å². The van der Waals surface area contributed by atoms with E-state index in [0.29, 0.717) is 23.4 Å². The van der Waals surface area contributed by atoms with Crippen molar-refractivity contribution in [2.45, 2.75) is 19.4 Å². The van der Waals surface area contributed by atoms with E-state index in [0.717, 1.165) is 23.6 Å². The number of benzene rings is 2. The minimum absolute atomic E-state index is 0.0917. The van der Waals surface area contributed by atoms with E-state index in [2.05, 4.69) is 5.16 Å². The Bertz CT molecular complexity index is 693. The fourth-order valence-corrected chi connectivity index (χ4v) is 2.50. The van der Waals surface area contributed by atoms with E-state index in [1.807, 2.05) is 12.1 Å². The van der Waals surface area contributed by atoms with Gasteiger partial charge in [-0.3, -0.25) is 0 Å².